The van der Waals surface area contributed by atoms with Crippen LogP contribution in [0.4, 0.5) is 36.4 Å². The molecule has 31 heavy (non-hydrogen) atoms. The number of halogens is 7. The fraction of sp³-hybridized carbons (Fsp3) is 0.579. The van der Waals surface area contributed by atoms with E-state index < -0.39 is 70.8 Å². The molecule has 2 unspecified atom stereocenters. The summed E-state index contributed by atoms with van der Waals surface area (Å²) >= 11 is 0. The minimum absolute atomic E-state index is 0.0717. The summed E-state index contributed by atoms with van der Waals surface area (Å²) in [6.45, 7) is 6.00. The second-order valence-corrected chi connectivity index (χ2v) is 5.93. The first-order valence-corrected chi connectivity index (χ1v) is 9.04. The summed E-state index contributed by atoms with van der Waals surface area (Å²) in [5, 5.41) is 3.13. The maximum absolute atomic E-state index is 14.4. The molecule has 178 valence electrons. The fourth-order valence-corrected chi connectivity index (χ4v) is 2.63. The van der Waals surface area contributed by atoms with Crippen molar-refractivity contribution >= 4 is 17.3 Å². The van der Waals surface area contributed by atoms with Gasteiger partial charge in [0, 0.05) is 21.3 Å². The third-order valence-electron chi connectivity index (χ3n) is 4.08. The van der Waals surface area contributed by atoms with E-state index in [1.807, 2.05) is 13.8 Å². The molecule has 1 heterocycles. The van der Waals surface area contributed by atoms with Gasteiger partial charge in [-0.15, -0.1) is 0 Å². The molecule has 1 amide bonds. The number of hydrogen-bond acceptors (Lipinski definition) is 4. The molecule has 1 aromatic rings. The summed E-state index contributed by atoms with van der Waals surface area (Å²) < 4.78 is 104. The van der Waals surface area contributed by atoms with Gasteiger partial charge in [0.1, 0.15) is 17.3 Å². The predicted octanol–water partition coefficient (Wildman–Crippen LogP) is 5.26. The van der Waals surface area contributed by atoms with Gasteiger partial charge in [0.25, 0.3) is 18.8 Å². The lowest BCUT2D eigenvalue weighted by atomic mass is 9.97. The quantitative estimate of drug-likeness (QED) is 0.443. The Balaban J connectivity index is 0.00000165. The molecule has 0 radical (unpaired) electrons. The highest BCUT2D eigenvalue weighted by atomic mass is 19.3. The number of anilines is 1. The second kappa shape index (κ2) is 12.6. The third kappa shape index (κ3) is 5.94. The van der Waals surface area contributed by atoms with Crippen LogP contribution in [0.3, 0.4) is 0 Å². The van der Waals surface area contributed by atoms with Crippen molar-refractivity contribution in [3.63, 3.8) is 0 Å². The van der Waals surface area contributed by atoms with Crippen LogP contribution in [-0.4, -0.2) is 45.5 Å². The number of alkyl halides is 4. The number of ether oxygens (including phenoxy) is 2. The van der Waals surface area contributed by atoms with Gasteiger partial charge in [0.05, 0.1) is 11.7 Å². The molecule has 0 saturated carbocycles. The van der Waals surface area contributed by atoms with Crippen molar-refractivity contribution in [2.45, 2.75) is 46.6 Å². The second-order valence-electron chi connectivity index (χ2n) is 5.93. The van der Waals surface area contributed by atoms with Crippen molar-refractivity contribution in [2.24, 2.45) is 11.0 Å². The van der Waals surface area contributed by atoms with Gasteiger partial charge >= 0.3 is 0 Å². The molecule has 0 fully saturated rings. The number of nitrogens with zero attached hydrogens (tertiary/aromatic N) is 2. The largest absolute Gasteiger partial charge is 0.388 e. The zero-order valence-electron chi connectivity index (χ0n) is 18.1. The molecule has 1 aromatic carbocycles. The zero-order chi connectivity index (χ0) is 24.6. The Morgan fingerprint density at radius 3 is 1.81 bits per heavy atom. The van der Waals surface area contributed by atoms with Crippen molar-refractivity contribution in [3.8, 4) is 0 Å². The van der Waals surface area contributed by atoms with Crippen molar-refractivity contribution in [1.82, 2.24) is 0 Å². The standard InChI is InChI=1S/C15H13F7N2O2.C2H6O.C2H6/c1-4-6(13(19)20)9(17)10(18)12(8(4)16)24-15(25)7(5(2)26-3)11(23-24)14(21)22;1-3-2;1-2/h5,7,13-14H,1-3H3;1-2H3;1-2H3. The van der Waals surface area contributed by atoms with Crippen molar-refractivity contribution < 1.29 is 45.0 Å². The highest BCUT2D eigenvalue weighted by Gasteiger charge is 2.46. The van der Waals surface area contributed by atoms with E-state index in [1.165, 1.54) is 6.92 Å². The summed E-state index contributed by atoms with van der Waals surface area (Å²) in [6.07, 6.45) is -7.91. The van der Waals surface area contributed by atoms with Gasteiger partial charge in [-0.1, -0.05) is 13.8 Å². The highest BCUT2D eigenvalue weighted by Crippen LogP contribution is 2.38. The van der Waals surface area contributed by atoms with Crippen molar-refractivity contribution in [3.05, 3.63) is 28.6 Å². The Morgan fingerprint density at radius 1 is 0.935 bits per heavy atom. The summed E-state index contributed by atoms with van der Waals surface area (Å²) in [7, 11) is 4.37. The van der Waals surface area contributed by atoms with Crippen LogP contribution >= 0.6 is 0 Å². The predicted molar refractivity (Wildman–Crippen MR) is 101 cm³/mol. The van der Waals surface area contributed by atoms with Crippen LogP contribution in [0.5, 0.6) is 0 Å². The number of benzene rings is 1. The Kier molecular flexibility index (Phi) is 11.7. The molecule has 1 aliphatic heterocycles. The van der Waals surface area contributed by atoms with Gasteiger partial charge < -0.3 is 9.47 Å². The summed E-state index contributed by atoms with van der Waals surface area (Å²) in [4.78, 5) is 12.4. The molecule has 2 rings (SSSR count). The average molecular weight is 462 g/mol. The van der Waals surface area contributed by atoms with E-state index in [1.54, 1.807) is 14.2 Å². The lowest BCUT2D eigenvalue weighted by Gasteiger charge is -2.21. The van der Waals surface area contributed by atoms with Crippen LogP contribution in [0.1, 0.15) is 38.3 Å². The number of hydrazone groups is 1. The van der Waals surface area contributed by atoms with Gasteiger partial charge in [0.15, 0.2) is 17.5 Å². The van der Waals surface area contributed by atoms with Crippen molar-refractivity contribution in [1.29, 1.82) is 0 Å². The van der Waals surface area contributed by atoms with Gasteiger partial charge in [-0.3, -0.25) is 4.79 Å². The van der Waals surface area contributed by atoms with Crippen LogP contribution in [-0.2, 0) is 14.3 Å². The number of rotatable bonds is 5. The maximum atomic E-state index is 14.4. The first-order valence-electron chi connectivity index (χ1n) is 9.04. The Morgan fingerprint density at radius 2 is 1.42 bits per heavy atom. The van der Waals surface area contributed by atoms with E-state index in [-0.39, 0.29) is 5.01 Å². The van der Waals surface area contributed by atoms with Gasteiger partial charge in [-0.2, -0.15) is 10.1 Å². The van der Waals surface area contributed by atoms with Crippen LogP contribution < -0.4 is 5.01 Å². The minimum atomic E-state index is -3.52. The lowest BCUT2D eigenvalue weighted by molar-refractivity contribution is -0.122. The van der Waals surface area contributed by atoms with E-state index in [2.05, 4.69) is 9.84 Å². The first kappa shape index (κ1) is 28.8. The normalized spacial score (nSPS) is 16.6. The van der Waals surface area contributed by atoms with Crippen LogP contribution in [0.25, 0.3) is 0 Å². The number of amides is 1. The molecule has 0 aromatic heterocycles. The number of carbonyl (C=O) groups is 1. The molecule has 5 nitrogen and oxygen atoms in total. The van der Waals surface area contributed by atoms with E-state index in [0.29, 0.717) is 0 Å². The summed E-state index contributed by atoms with van der Waals surface area (Å²) in [5.41, 5.74) is -4.94. The van der Waals surface area contributed by atoms with E-state index in [9.17, 15) is 35.5 Å². The molecule has 0 spiro atoms. The Labute approximate surface area is 175 Å². The minimum Gasteiger partial charge on any atom is -0.388 e. The first-order chi connectivity index (χ1) is 14.5. The van der Waals surface area contributed by atoms with E-state index >= 15 is 0 Å². The molecule has 1 aliphatic rings. The SMILES string of the molecule is CC.COC.COC(C)C1C(=O)N(c2c(F)c(C)c(C(F)F)c(F)c2F)N=C1C(F)F. The van der Waals surface area contributed by atoms with Gasteiger partial charge in [-0.05, 0) is 19.4 Å². The molecule has 0 saturated heterocycles. The summed E-state index contributed by atoms with van der Waals surface area (Å²) in [6, 6.07) is 0. The maximum Gasteiger partial charge on any atom is 0.279 e. The molecule has 0 N–H and O–H groups in total. The van der Waals surface area contributed by atoms with Gasteiger partial charge in [-0.25, -0.2) is 30.7 Å². The van der Waals surface area contributed by atoms with Crippen LogP contribution in [0.2, 0.25) is 0 Å². The molecule has 2 atom stereocenters. The molecular formula is C19H25F7N2O3. The molecular weight excluding hydrogens is 437 g/mol. The Bertz CT molecular complexity index is 759. The Hall–Kier alpha value is -2.21. The van der Waals surface area contributed by atoms with Gasteiger partial charge in [0.2, 0.25) is 0 Å². The van der Waals surface area contributed by atoms with Crippen LogP contribution in [0, 0.1) is 30.3 Å². The highest BCUT2D eigenvalue weighted by molar-refractivity contribution is 6.17. The zero-order valence-corrected chi connectivity index (χ0v) is 18.1. The molecule has 0 aliphatic carbocycles. The molecule has 12 heteroatoms. The molecule has 0 bridgehead atoms. The third-order valence-corrected chi connectivity index (χ3v) is 4.08. The van der Waals surface area contributed by atoms with Crippen molar-refractivity contribution in [2.75, 3.05) is 26.3 Å². The van der Waals surface area contributed by atoms with E-state index in [0.717, 1.165) is 14.0 Å². The average Bonchev–Trinajstić information content (AvgIpc) is 3.05. The fourth-order valence-electron chi connectivity index (χ4n) is 2.63. The number of hydrogen-bond donors (Lipinski definition) is 0. The van der Waals surface area contributed by atoms with Crippen LogP contribution in [0.15, 0.2) is 5.10 Å². The lowest BCUT2D eigenvalue weighted by Crippen LogP contribution is -2.38. The number of carbonyl (C=O) groups excluding carboxylic acids is 1. The monoisotopic (exact) mass is 462 g/mol. The van der Waals surface area contributed by atoms with E-state index in [4.69, 9.17) is 4.74 Å². The smallest absolute Gasteiger partial charge is 0.279 e. The number of methoxy groups -OCH3 is 2. The topological polar surface area (TPSA) is 51.1 Å². The summed E-state index contributed by atoms with van der Waals surface area (Å²) in [5.74, 6) is -8.87.